The van der Waals surface area contributed by atoms with Crippen LogP contribution in [0.2, 0.25) is 0 Å². The highest BCUT2D eigenvalue weighted by Crippen LogP contribution is 2.38. The van der Waals surface area contributed by atoms with Gasteiger partial charge in [0.1, 0.15) is 11.5 Å². The third-order valence-corrected chi connectivity index (χ3v) is 6.81. The third kappa shape index (κ3) is 14.8. The van der Waals surface area contributed by atoms with Crippen molar-refractivity contribution in [2.24, 2.45) is 0 Å². The SMILES string of the molecule is O=S(=O)([O-])C(F)(F)C(F)C(F)(F)F.O=S(=O)([O-])C(F)(F)C(F)C(F)(F)F.Oc1ccc([IH+])cc1.Oc1ccc([IH+])cc1. The van der Waals surface area contributed by atoms with Crippen molar-refractivity contribution in [1.29, 1.82) is 0 Å². The zero-order valence-corrected chi connectivity index (χ0v) is 25.6. The molecule has 0 saturated carbocycles. The van der Waals surface area contributed by atoms with Crippen LogP contribution in [0.5, 0.6) is 11.5 Å². The fourth-order valence-electron chi connectivity index (χ4n) is 1.53. The van der Waals surface area contributed by atoms with E-state index in [1.165, 1.54) is 7.14 Å². The van der Waals surface area contributed by atoms with Gasteiger partial charge in [-0.05, 0) is 48.5 Å². The van der Waals surface area contributed by atoms with Crippen LogP contribution in [0.3, 0.4) is 0 Å². The maximum atomic E-state index is 11.8. The monoisotopic (exact) mass is 904 g/mol. The normalized spacial score (nSPS) is 14.1. The van der Waals surface area contributed by atoms with Gasteiger partial charge in [-0.1, -0.05) is 0 Å². The number of halogens is 14. The van der Waals surface area contributed by atoms with Gasteiger partial charge in [0.25, 0.3) is 57.5 Å². The van der Waals surface area contributed by atoms with E-state index in [4.69, 9.17) is 10.2 Å². The Hall–Kier alpha value is -1.52. The van der Waals surface area contributed by atoms with Gasteiger partial charge in [0.2, 0.25) is 0 Å². The molecule has 0 fully saturated rings. The van der Waals surface area contributed by atoms with E-state index in [2.05, 4.69) is 0 Å². The summed E-state index contributed by atoms with van der Waals surface area (Å²) in [5.74, 6) is 0.662. The Morgan fingerprint density at radius 1 is 0.548 bits per heavy atom. The molecule has 0 radical (unpaired) electrons. The second kappa shape index (κ2) is 16.0. The molecule has 0 bridgehead atoms. The number of aromatic hydroxyl groups is 2. The van der Waals surface area contributed by atoms with Crippen LogP contribution >= 0.6 is 0 Å². The fourth-order valence-corrected chi connectivity index (χ4v) is 3.08. The van der Waals surface area contributed by atoms with Gasteiger partial charge in [-0.3, -0.25) is 0 Å². The number of rotatable bonds is 4. The number of hydrogen-bond donors (Lipinski definition) is 2. The summed E-state index contributed by atoms with van der Waals surface area (Å²) in [5.41, 5.74) is 0. The summed E-state index contributed by atoms with van der Waals surface area (Å²) in [4.78, 5) is 0. The van der Waals surface area contributed by atoms with E-state index >= 15 is 0 Å². The van der Waals surface area contributed by atoms with E-state index in [-0.39, 0.29) is 0 Å². The third-order valence-electron chi connectivity index (χ3n) is 3.50. The van der Waals surface area contributed by atoms with Gasteiger partial charge in [-0.2, -0.15) is 43.9 Å². The highest BCUT2D eigenvalue weighted by atomic mass is 127. The van der Waals surface area contributed by atoms with E-state index in [9.17, 15) is 78.6 Å². The van der Waals surface area contributed by atoms with Gasteiger partial charge < -0.3 is 19.3 Å². The summed E-state index contributed by atoms with van der Waals surface area (Å²) in [6.07, 6.45) is -22.2. The first-order chi connectivity index (χ1) is 18.4. The highest BCUT2D eigenvalue weighted by molar-refractivity contribution is 7.87. The van der Waals surface area contributed by atoms with Crippen LogP contribution in [0.1, 0.15) is 0 Å². The molecule has 2 rings (SSSR count). The Morgan fingerprint density at radius 3 is 0.833 bits per heavy atom. The highest BCUT2D eigenvalue weighted by Gasteiger charge is 2.61. The van der Waals surface area contributed by atoms with Gasteiger partial charge in [0.15, 0.2) is 27.4 Å². The quantitative estimate of drug-likeness (QED) is 0.198. The summed E-state index contributed by atoms with van der Waals surface area (Å²) >= 11 is 3.84. The van der Waals surface area contributed by atoms with Crippen LogP contribution in [0.25, 0.3) is 0 Å². The first-order valence-electron chi connectivity index (χ1n) is 9.39. The van der Waals surface area contributed by atoms with Gasteiger partial charge in [-0.25, -0.2) is 25.6 Å². The van der Waals surface area contributed by atoms with Crippen molar-refractivity contribution in [2.75, 3.05) is 0 Å². The fraction of sp³-hybridized carbons (Fsp3) is 0.333. The number of hydrogen-bond acceptors (Lipinski definition) is 8. The zero-order valence-electron chi connectivity index (χ0n) is 19.3. The topological polar surface area (TPSA) is 155 Å². The molecule has 2 aromatic rings. The molecule has 0 heterocycles. The molecule has 0 amide bonds. The number of phenolic OH excluding ortho intramolecular Hbond substituents is 2. The molecular formula is C18H14F12I2O8S2. The first-order valence-corrected chi connectivity index (χ1v) is 14.5. The molecule has 244 valence electrons. The first kappa shape index (κ1) is 42.6. The van der Waals surface area contributed by atoms with Crippen LogP contribution in [0, 0.1) is 7.14 Å². The summed E-state index contributed by atoms with van der Waals surface area (Å²) in [5, 5.41) is 5.53. The van der Waals surface area contributed by atoms with Crippen LogP contribution in [-0.4, -0.2) is 71.4 Å². The van der Waals surface area contributed by atoms with Crippen molar-refractivity contribution in [1.82, 2.24) is 0 Å². The lowest BCUT2D eigenvalue weighted by Crippen LogP contribution is -3.34. The molecule has 24 heteroatoms. The van der Waals surface area contributed by atoms with Gasteiger partial charge in [0, 0.05) is 0 Å². The predicted octanol–water partition coefficient (Wildman–Crippen LogP) is -2.26. The maximum absolute atomic E-state index is 11.8. The van der Waals surface area contributed by atoms with E-state index in [0.29, 0.717) is 11.5 Å². The Morgan fingerprint density at radius 2 is 0.738 bits per heavy atom. The minimum atomic E-state index is -6.66. The molecule has 0 aliphatic heterocycles. The molecule has 42 heavy (non-hydrogen) atoms. The van der Waals surface area contributed by atoms with Crippen LogP contribution in [0.4, 0.5) is 52.7 Å². The molecule has 0 aliphatic carbocycles. The zero-order chi connectivity index (χ0) is 34.1. The largest absolute Gasteiger partial charge is 0.743 e. The van der Waals surface area contributed by atoms with Gasteiger partial charge in [-0.15, -0.1) is 0 Å². The van der Waals surface area contributed by atoms with E-state index < -0.39 is 55.4 Å². The minimum absolute atomic E-state index is 0.331. The molecule has 0 saturated heterocycles. The summed E-state index contributed by atoms with van der Waals surface area (Å²) in [6, 6.07) is 14.2. The van der Waals surface area contributed by atoms with Gasteiger partial charge in [0.05, 0.1) is 0 Å². The van der Waals surface area contributed by atoms with Crippen molar-refractivity contribution in [3.05, 3.63) is 55.7 Å². The number of alkyl halides is 12. The van der Waals surface area contributed by atoms with Crippen molar-refractivity contribution in [2.45, 2.75) is 35.2 Å². The Labute approximate surface area is 255 Å². The summed E-state index contributed by atoms with van der Waals surface area (Å²) < 4.78 is 197. The Balaban J connectivity index is 0. The number of benzene rings is 2. The molecule has 0 aromatic heterocycles. The molecule has 0 aliphatic rings. The smallest absolute Gasteiger partial charge is 0.426 e. The molecule has 2 aromatic carbocycles. The second-order valence-corrected chi connectivity index (χ2v) is 12.4. The van der Waals surface area contributed by atoms with Crippen LogP contribution in [0.15, 0.2) is 48.5 Å². The van der Waals surface area contributed by atoms with Crippen LogP contribution in [-0.2, 0) is 20.2 Å². The predicted molar refractivity (Wildman–Crippen MR) is 108 cm³/mol. The maximum Gasteiger partial charge on any atom is 0.426 e. The lowest BCUT2D eigenvalue weighted by Gasteiger charge is -2.24. The van der Waals surface area contributed by atoms with E-state index in [1.807, 2.05) is 69.4 Å². The van der Waals surface area contributed by atoms with Crippen molar-refractivity contribution in [3.8, 4) is 11.5 Å². The van der Waals surface area contributed by atoms with E-state index in [0.717, 1.165) is 0 Å². The van der Waals surface area contributed by atoms with Crippen LogP contribution < -0.4 is 45.2 Å². The molecule has 2 N–H and O–H groups in total. The van der Waals surface area contributed by atoms with Gasteiger partial charge >= 0.3 is 22.9 Å². The number of phenols is 2. The lowest BCUT2D eigenvalue weighted by molar-refractivity contribution is -0.328. The molecule has 2 atom stereocenters. The molecule has 8 nitrogen and oxygen atoms in total. The Kier molecular flexibility index (Phi) is 16.2. The molecular weight excluding hydrogens is 890 g/mol. The lowest BCUT2D eigenvalue weighted by atomic mass is 10.3. The Bertz CT molecular complexity index is 1170. The average molecular weight is 904 g/mol. The summed E-state index contributed by atoms with van der Waals surface area (Å²) in [7, 11) is -13.3. The minimum Gasteiger partial charge on any atom is -0.743 e. The molecule has 0 spiro atoms. The van der Waals surface area contributed by atoms with E-state index in [1.54, 1.807) is 24.3 Å². The van der Waals surface area contributed by atoms with Crippen molar-refractivity contribution < 1.29 is 134 Å². The molecule has 2 unspecified atom stereocenters. The van der Waals surface area contributed by atoms with Crippen molar-refractivity contribution >= 4 is 20.2 Å². The standard InChI is InChI=1S/2C6H5IO.2C3H2F6O3S/c2*7-5-1-3-6(8)4-2-5;2*4-1(2(5,6)7)3(8,9)13(10,11)12/h2*1-4,7H;2*1H,(H,10,11,12). The van der Waals surface area contributed by atoms with Crippen molar-refractivity contribution in [3.63, 3.8) is 0 Å². The second-order valence-electron chi connectivity index (χ2n) is 6.83. The summed E-state index contributed by atoms with van der Waals surface area (Å²) in [6.45, 7) is 0. The average Bonchev–Trinajstić information content (AvgIpc) is 2.80.